The van der Waals surface area contributed by atoms with Crippen molar-refractivity contribution in [2.45, 2.75) is 25.4 Å². The zero-order valence-corrected chi connectivity index (χ0v) is 10.0. The molecule has 0 fully saturated rings. The number of nitrogens with zero attached hydrogens (tertiary/aromatic N) is 1. The van der Waals surface area contributed by atoms with Crippen LogP contribution in [0, 0.1) is 0 Å². The smallest absolute Gasteiger partial charge is 0.0648 e. The monoisotopic (exact) mass is 244 g/mol. The lowest BCUT2D eigenvalue weighted by Crippen LogP contribution is -2.50. The van der Waals surface area contributed by atoms with Gasteiger partial charge in [-0.15, -0.1) is 0 Å². The van der Waals surface area contributed by atoms with E-state index in [9.17, 15) is 10.2 Å². The first-order chi connectivity index (χ1) is 7.67. The van der Waals surface area contributed by atoms with E-state index in [4.69, 9.17) is 11.6 Å². The molecule has 0 aliphatic rings. The first kappa shape index (κ1) is 13.4. The molecule has 0 atom stereocenters. The van der Waals surface area contributed by atoms with Crippen LogP contribution in [0.2, 0.25) is 5.02 Å². The molecule has 0 bridgehead atoms. The SMILES string of the molecule is CCC(CO)(CO)NCc1ccncc1Cl. The molecule has 4 nitrogen and oxygen atoms in total. The van der Waals surface area contributed by atoms with Crippen molar-refractivity contribution < 1.29 is 10.2 Å². The van der Waals surface area contributed by atoms with Gasteiger partial charge in [0.15, 0.2) is 0 Å². The van der Waals surface area contributed by atoms with Crippen LogP contribution in [0.15, 0.2) is 18.5 Å². The predicted molar refractivity (Wildman–Crippen MR) is 63.3 cm³/mol. The van der Waals surface area contributed by atoms with Crippen LogP contribution >= 0.6 is 11.6 Å². The second kappa shape index (κ2) is 6.15. The van der Waals surface area contributed by atoms with Crippen molar-refractivity contribution in [2.24, 2.45) is 0 Å². The Hall–Kier alpha value is -0.680. The molecular formula is C11H17ClN2O2. The normalized spacial score (nSPS) is 11.8. The number of aliphatic hydroxyl groups excluding tert-OH is 2. The molecule has 0 amide bonds. The van der Waals surface area contributed by atoms with E-state index in [1.165, 1.54) is 0 Å². The van der Waals surface area contributed by atoms with E-state index in [0.717, 1.165) is 5.56 Å². The van der Waals surface area contributed by atoms with E-state index < -0.39 is 5.54 Å². The topological polar surface area (TPSA) is 65.4 Å². The Bertz CT molecular complexity index is 321. The molecular weight excluding hydrogens is 228 g/mol. The number of rotatable bonds is 6. The molecule has 0 aromatic carbocycles. The highest BCUT2D eigenvalue weighted by atomic mass is 35.5. The molecule has 1 aromatic heterocycles. The second-order valence-electron chi connectivity index (χ2n) is 3.77. The number of aromatic nitrogens is 1. The minimum Gasteiger partial charge on any atom is -0.394 e. The number of pyridine rings is 1. The van der Waals surface area contributed by atoms with Crippen molar-refractivity contribution in [3.05, 3.63) is 29.0 Å². The average molecular weight is 245 g/mol. The van der Waals surface area contributed by atoms with Gasteiger partial charge in [0.1, 0.15) is 0 Å². The van der Waals surface area contributed by atoms with Crippen molar-refractivity contribution in [2.75, 3.05) is 13.2 Å². The third-order valence-electron chi connectivity index (χ3n) is 2.79. The Balaban J connectivity index is 2.66. The van der Waals surface area contributed by atoms with Crippen LogP contribution in [0.3, 0.4) is 0 Å². The zero-order valence-electron chi connectivity index (χ0n) is 9.28. The highest BCUT2D eigenvalue weighted by Crippen LogP contribution is 2.15. The van der Waals surface area contributed by atoms with Crippen LogP contribution in [0.5, 0.6) is 0 Å². The molecule has 0 aliphatic heterocycles. The molecule has 1 heterocycles. The fraction of sp³-hybridized carbons (Fsp3) is 0.545. The molecule has 1 aromatic rings. The summed E-state index contributed by atoms with van der Waals surface area (Å²) in [7, 11) is 0. The Labute approximate surface area is 100 Å². The molecule has 0 saturated carbocycles. The van der Waals surface area contributed by atoms with Crippen molar-refractivity contribution >= 4 is 11.6 Å². The van der Waals surface area contributed by atoms with Gasteiger partial charge in [0, 0.05) is 18.9 Å². The van der Waals surface area contributed by atoms with Gasteiger partial charge >= 0.3 is 0 Å². The molecule has 0 aliphatic carbocycles. The minimum absolute atomic E-state index is 0.108. The first-order valence-electron chi connectivity index (χ1n) is 5.22. The number of hydrogen-bond donors (Lipinski definition) is 3. The maximum absolute atomic E-state index is 9.26. The van der Waals surface area contributed by atoms with E-state index >= 15 is 0 Å². The van der Waals surface area contributed by atoms with Crippen LogP contribution in [-0.4, -0.2) is 33.9 Å². The predicted octanol–water partition coefficient (Wildman–Crippen LogP) is 0.958. The summed E-state index contributed by atoms with van der Waals surface area (Å²) >= 11 is 5.96. The summed E-state index contributed by atoms with van der Waals surface area (Å²) in [5.74, 6) is 0. The first-order valence-corrected chi connectivity index (χ1v) is 5.60. The zero-order chi connectivity index (χ0) is 12.0. The van der Waals surface area contributed by atoms with E-state index in [-0.39, 0.29) is 13.2 Å². The van der Waals surface area contributed by atoms with E-state index in [2.05, 4.69) is 10.3 Å². The lowest BCUT2D eigenvalue weighted by Gasteiger charge is -2.30. The largest absolute Gasteiger partial charge is 0.394 e. The van der Waals surface area contributed by atoms with Gasteiger partial charge in [-0.1, -0.05) is 18.5 Å². The molecule has 1 rings (SSSR count). The number of hydrogen-bond acceptors (Lipinski definition) is 4. The molecule has 90 valence electrons. The lowest BCUT2D eigenvalue weighted by molar-refractivity contribution is 0.0864. The van der Waals surface area contributed by atoms with Crippen molar-refractivity contribution in [3.63, 3.8) is 0 Å². The Morgan fingerprint density at radius 3 is 2.62 bits per heavy atom. The lowest BCUT2D eigenvalue weighted by atomic mass is 9.98. The molecule has 5 heteroatoms. The molecule has 16 heavy (non-hydrogen) atoms. The van der Waals surface area contributed by atoms with E-state index in [1.807, 2.05) is 13.0 Å². The van der Waals surface area contributed by atoms with E-state index in [0.29, 0.717) is 18.0 Å². The van der Waals surface area contributed by atoms with Crippen LogP contribution < -0.4 is 5.32 Å². The highest BCUT2D eigenvalue weighted by molar-refractivity contribution is 6.31. The fourth-order valence-corrected chi connectivity index (χ4v) is 1.53. The standard InChI is InChI=1S/C11H17ClN2O2/c1-2-11(7-15,8-16)14-5-9-3-4-13-6-10(9)12/h3-4,6,14-16H,2,5,7-8H2,1H3. The Kier molecular flexibility index (Phi) is 5.15. The van der Waals surface area contributed by atoms with Crippen molar-refractivity contribution in [3.8, 4) is 0 Å². The molecule has 0 radical (unpaired) electrons. The van der Waals surface area contributed by atoms with Gasteiger partial charge in [-0.25, -0.2) is 0 Å². The van der Waals surface area contributed by atoms with Crippen LogP contribution in [0.25, 0.3) is 0 Å². The van der Waals surface area contributed by atoms with Gasteiger partial charge in [0.25, 0.3) is 0 Å². The fourth-order valence-electron chi connectivity index (χ4n) is 1.34. The maximum atomic E-state index is 9.26. The Morgan fingerprint density at radius 1 is 1.44 bits per heavy atom. The summed E-state index contributed by atoms with van der Waals surface area (Å²) in [6.07, 6.45) is 3.88. The van der Waals surface area contributed by atoms with Crippen LogP contribution in [-0.2, 0) is 6.54 Å². The summed E-state index contributed by atoms with van der Waals surface area (Å²) in [6, 6.07) is 1.81. The van der Waals surface area contributed by atoms with E-state index in [1.54, 1.807) is 12.4 Å². The molecule has 0 unspecified atom stereocenters. The quantitative estimate of drug-likeness (QED) is 0.698. The highest BCUT2D eigenvalue weighted by Gasteiger charge is 2.25. The number of nitrogens with one attached hydrogen (secondary N) is 1. The van der Waals surface area contributed by atoms with Crippen LogP contribution in [0.4, 0.5) is 0 Å². The molecule has 0 saturated heterocycles. The number of halogens is 1. The van der Waals surface area contributed by atoms with Crippen molar-refractivity contribution in [1.29, 1.82) is 0 Å². The third-order valence-corrected chi connectivity index (χ3v) is 3.13. The second-order valence-corrected chi connectivity index (χ2v) is 4.18. The van der Waals surface area contributed by atoms with Crippen molar-refractivity contribution in [1.82, 2.24) is 10.3 Å². The van der Waals surface area contributed by atoms with Gasteiger partial charge in [-0.3, -0.25) is 4.98 Å². The number of aliphatic hydroxyl groups is 2. The summed E-state index contributed by atoms with van der Waals surface area (Å²) in [6.45, 7) is 2.19. The summed E-state index contributed by atoms with van der Waals surface area (Å²) in [5.41, 5.74) is 0.253. The summed E-state index contributed by atoms with van der Waals surface area (Å²) in [5, 5.41) is 22.2. The maximum Gasteiger partial charge on any atom is 0.0648 e. The van der Waals surface area contributed by atoms with Gasteiger partial charge in [-0.05, 0) is 18.1 Å². The summed E-state index contributed by atoms with van der Waals surface area (Å²) < 4.78 is 0. The molecule has 3 N–H and O–H groups in total. The van der Waals surface area contributed by atoms with Crippen LogP contribution in [0.1, 0.15) is 18.9 Å². The summed E-state index contributed by atoms with van der Waals surface area (Å²) in [4.78, 5) is 3.89. The van der Waals surface area contributed by atoms with Gasteiger partial charge in [0.05, 0.1) is 23.8 Å². The van der Waals surface area contributed by atoms with Gasteiger partial charge < -0.3 is 15.5 Å². The minimum atomic E-state index is -0.646. The van der Waals surface area contributed by atoms with Gasteiger partial charge in [0.2, 0.25) is 0 Å². The Morgan fingerprint density at radius 2 is 2.12 bits per heavy atom. The average Bonchev–Trinajstić information content (AvgIpc) is 2.34. The molecule has 0 spiro atoms. The third kappa shape index (κ3) is 3.15. The van der Waals surface area contributed by atoms with Gasteiger partial charge in [-0.2, -0.15) is 0 Å².